The lowest BCUT2D eigenvalue weighted by Crippen LogP contribution is -2.58. The number of piperidine rings is 1. The Morgan fingerprint density at radius 3 is 2.62 bits per heavy atom. The average Bonchev–Trinajstić information content (AvgIpc) is 3.68. The number of Topliss-reactive ketones (excluding diaryl/α,β-unsaturated/α-hetero) is 1. The van der Waals surface area contributed by atoms with E-state index < -0.39 is 29.7 Å². The van der Waals surface area contributed by atoms with Crippen LogP contribution in [0.1, 0.15) is 61.0 Å². The predicted molar refractivity (Wildman–Crippen MR) is 144 cm³/mol. The number of carbonyl (C=O) groups is 5. The summed E-state index contributed by atoms with van der Waals surface area (Å²) in [7, 11) is 0. The summed E-state index contributed by atoms with van der Waals surface area (Å²) < 4.78 is 1.02. The normalized spacial score (nSPS) is 28.9. The van der Waals surface area contributed by atoms with Crippen LogP contribution in [0.25, 0.3) is 10.1 Å². The quantitative estimate of drug-likeness (QED) is 0.436. The smallest absolute Gasteiger partial charge is 0.289 e. The molecule has 3 N–H and O–H groups in total. The molecule has 5 unspecified atom stereocenters. The second-order valence-corrected chi connectivity index (χ2v) is 13.1. The van der Waals surface area contributed by atoms with Gasteiger partial charge < -0.3 is 20.9 Å². The Balaban J connectivity index is 1.16. The fraction of sp³-hybridized carbons (Fsp3) is 0.552. The Morgan fingerprint density at radius 1 is 1.13 bits per heavy atom. The molecule has 204 valence electrons. The molecule has 3 saturated carbocycles. The third-order valence-electron chi connectivity index (χ3n) is 9.51. The number of carbonyl (C=O) groups excluding carboxylic acids is 5. The van der Waals surface area contributed by atoms with Crippen LogP contribution in [-0.4, -0.2) is 65.0 Å². The second-order valence-electron chi connectivity index (χ2n) is 12.1. The fourth-order valence-corrected chi connectivity index (χ4v) is 8.19. The van der Waals surface area contributed by atoms with E-state index in [0.29, 0.717) is 17.8 Å². The Kier molecular flexibility index (Phi) is 5.80. The van der Waals surface area contributed by atoms with E-state index in [1.165, 1.54) is 11.3 Å². The van der Waals surface area contributed by atoms with Crippen molar-refractivity contribution in [2.75, 3.05) is 6.54 Å². The molecule has 2 saturated heterocycles. The maximum Gasteiger partial charge on any atom is 0.289 e. The van der Waals surface area contributed by atoms with Crippen LogP contribution in [0.2, 0.25) is 0 Å². The van der Waals surface area contributed by atoms with Gasteiger partial charge in [-0.15, -0.1) is 11.3 Å². The van der Waals surface area contributed by atoms with Crippen molar-refractivity contribution >= 4 is 50.8 Å². The average molecular weight is 549 g/mol. The number of amides is 4. The zero-order valence-corrected chi connectivity index (χ0v) is 22.4. The van der Waals surface area contributed by atoms with Gasteiger partial charge in [0.05, 0.1) is 10.9 Å². The lowest BCUT2D eigenvalue weighted by molar-refractivity contribution is -0.141. The first-order chi connectivity index (χ1) is 18.8. The molecular formula is C29H32N4O5S. The Morgan fingerprint density at radius 2 is 1.92 bits per heavy atom. The molecule has 7 rings (SSSR count). The summed E-state index contributed by atoms with van der Waals surface area (Å²) >= 11 is 1.43. The SMILES string of the molecule is O=C(NC1CC1)C(=O)C(CC1CCNC1=O)NC(=O)C1C2CC(CC23CC3)N1C(=O)c1cc2ccccc2s1. The van der Waals surface area contributed by atoms with Gasteiger partial charge >= 0.3 is 0 Å². The monoisotopic (exact) mass is 548 g/mol. The van der Waals surface area contributed by atoms with Crippen molar-refractivity contribution in [1.29, 1.82) is 0 Å². The Labute approximate surface area is 230 Å². The second kappa shape index (κ2) is 9.15. The molecule has 1 aromatic heterocycles. The number of nitrogens with one attached hydrogen (secondary N) is 3. The van der Waals surface area contributed by atoms with Crippen LogP contribution in [0.5, 0.6) is 0 Å². The molecule has 2 aliphatic heterocycles. The molecule has 3 heterocycles. The van der Waals surface area contributed by atoms with Gasteiger partial charge in [-0.2, -0.15) is 0 Å². The molecule has 5 fully saturated rings. The first kappa shape index (κ1) is 24.7. The topological polar surface area (TPSA) is 125 Å². The van der Waals surface area contributed by atoms with Crippen LogP contribution in [-0.2, 0) is 19.2 Å². The molecule has 2 bridgehead atoms. The van der Waals surface area contributed by atoms with Crippen molar-refractivity contribution in [3.05, 3.63) is 35.2 Å². The first-order valence-corrected chi connectivity index (χ1v) is 14.9. The molecule has 2 aromatic rings. The van der Waals surface area contributed by atoms with E-state index in [-0.39, 0.29) is 47.6 Å². The number of likely N-dealkylation sites (tertiary alicyclic amines) is 1. The minimum atomic E-state index is -1.11. The summed E-state index contributed by atoms with van der Waals surface area (Å²) in [6.07, 6.45) is 6.09. The van der Waals surface area contributed by atoms with Gasteiger partial charge in [-0.1, -0.05) is 18.2 Å². The molecule has 9 nitrogen and oxygen atoms in total. The van der Waals surface area contributed by atoms with Gasteiger partial charge in [0, 0.05) is 29.2 Å². The Hall–Kier alpha value is -3.27. The number of ketones is 1. The number of benzene rings is 1. The first-order valence-electron chi connectivity index (χ1n) is 14.1. The summed E-state index contributed by atoms with van der Waals surface area (Å²) in [6, 6.07) is 7.92. The van der Waals surface area contributed by atoms with Gasteiger partial charge in [0.15, 0.2) is 0 Å². The van der Waals surface area contributed by atoms with Gasteiger partial charge in [0.25, 0.3) is 11.8 Å². The third kappa shape index (κ3) is 4.33. The van der Waals surface area contributed by atoms with Crippen LogP contribution in [0.15, 0.2) is 30.3 Å². The molecule has 1 spiro atoms. The van der Waals surface area contributed by atoms with Crippen LogP contribution in [0.3, 0.4) is 0 Å². The van der Waals surface area contributed by atoms with Gasteiger partial charge in [0.2, 0.25) is 17.6 Å². The maximum absolute atomic E-state index is 14.0. The van der Waals surface area contributed by atoms with E-state index in [9.17, 15) is 24.0 Å². The van der Waals surface area contributed by atoms with Crippen LogP contribution in [0.4, 0.5) is 0 Å². The van der Waals surface area contributed by atoms with E-state index in [4.69, 9.17) is 0 Å². The van der Waals surface area contributed by atoms with Crippen molar-refractivity contribution in [2.24, 2.45) is 17.3 Å². The van der Waals surface area contributed by atoms with E-state index in [1.807, 2.05) is 30.3 Å². The number of nitrogens with zero attached hydrogens (tertiary/aromatic N) is 1. The van der Waals surface area contributed by atoms with Gasteiger partial charge in [-0.3, -0.25) is 24.0 Å². The molecule has 0 radical (unpaired) electrons. The number of hydrogen-bond donors (Lipinski definition) is 3. The van der Waals surface area contributed by atoms with Gasteiger partial charge in [-0.05, 0) is 80.2 Å². The summed E-state index contributed by atoms with van der Waals surface area (Å²) in [4.78, 5) is 68.5. The number of hydrogen-bond acceptors (Lipinski definition) is 6. The van der Waals surface area contributed by atoms with E-state index in [1.54, 1.807) is 4.90 Å². The number of rotatable bonds is 8. The summed E-state index contributed by atoms with van der Waals surface area (Å²) in [6.45, 7) is 0.513. The molecular weight excluding hydrogens is 516 g/mol. The zero-order chi connectivity index (χ0) is 26.9. The predicted octanol–water partition coefficient (Wildman–Crippen LogP) is 2.14. The fourth-order valence-electron chi connectivity index (χ4n) is 7.18. The highest BCUT2D eigenvalue weighted by Gasteiger charge is 2.67. The molecule has 5 atom stereocenters. The highest BCUT2D eigenvalue weighted by atomic mass is 32.1. The highest BCUT2D eigenvalue weighted by Crippen LogP contribution is 2.67. The molecule has 3 aliphatic carbocycles. The minimum absolute atomic E-state index is 0.00212. The van der Waals surface area contributed by atoms with Crippen molar-refractivity contribution in [3.63, 3.8) is 0 Å². The standard InChI is InChI=1S/C29H32N4O5S/c34-24(27(37)31-17-5-6-17)20(11-16-7-10-30-25(16)35)32-26(36)23-19-13-18(14-29(19)8-9-29)33(23)28(38)22-12-15-3-1-2-4-21(15)39-22/h1-4,12,16-20,23H,5-11,13-14H2,(H,30,35)(H,31,37)(H,32,36). The molecule has 4 amide bonds. The van der Waals surface area contributed by atoms with Gasteiger partial charge in [0.1, 0.15) is 6.04 Å². The van der Waals surface area contributed by atoms with Crippen molar-refractivity contribution in [2.45, 2.75) is 75.5 Å². The van der Waals surface area contributed by atoms with Crippen molar-refractivity contribution in [3.8, 4) is 0 Å². The van der Waals surface area contributed by atoms with Gasteiger partial charge in [-0.25, -0.2) is 0 Å². The van der Waals surface area contributed by atoms with Crippen LogP contribution < -0.4 is 16.0 Å². The van der Waals surface area contributed by atoms with E-state index in [2.05, 4.69) is 16.0 Å². The zero-order valence-electron chi connectivity index (χ0n) is 21.6. The van der Waals surface area contributed by atoms with E-state index in [0.717, 1.165) is 48.6 Å². The maximum atomic E-state index is 14.0. The highest BCUT2D eigenvalue weighted by molar-refractivity contribution is 7.20. The number of thiophene rings is 1. The summed E-state index contributed by atoms with van der Waals surface area (Å²) in [5.74, 6) is -2.55. The van der Waals surface area contributed by atoms with E-state index >= 15 is 0 Å². The lowest BCUT2D eigenvalue weighted by atomic mass is 9.83. The molecule has 10 heteroatoms. The minimum Gasteiger partial charge on any atom is -0.356 e. The van der Waals surface area contributed by atoms with Crippen molar-refractivity contribution < 1.29 is 24.0 Å². The molecule has 5 aliphatic rings. The van der Waals surface area contributed by atoms with Crippen LogP contribution >= 0.6 is 11.3 Å². The Bertz CT molecular complexity index is 1360. The largest absolute Gasteiger partial charge is 0.356 e. The summed E-state index contributed by atoms with van der Waals surface area (Å²) in [5.41, 5.74) is 0.0950. The van der Waals surface area contributed by atoms with Crippen LogP contribution in [0, 0.1) is 17.3 Å². The number of fused-ring (bicyclic) bond motifs is 4. The third-order valence-corrected chi connectivity index (χ3v) is 10.6. The lowest BCUT2D eigenvalue weighted by Gasteiger charge is -2.39. The molecule has 1 aromatic carbocycles. The van der Waals surface area contributed by atoms with Crippen molar-refractivity contribution in [1.82, 2.24) is 20.9 Å². The molecule has 39 heavy (non-hydrogen) atoms. The summed E-state index contributed by atoms with van der Waals surface area (Å²) in [5, 5.41) is 9.36.